The van der Waals surface area contributed by atoms with Gasteiger partial charge in [-0.15, -0.1) is 12.6 Å². The van der Waals surface area contributed by atoms with E-state index >= 15 is 0 Å². The van der Waals surface area contributed by atoms with Gasteiger partial charge in [0.2, 0.25) is 0 Å². The molecule has 10 heavy (non-hydrogen) atoms. The molecule has 1 aromatic carbocycles. The molecule has 0 aliphatic heterocycles. The fourth-order valence-corrected chi connectivity index (χ4v) is 1.19. The van der Waals surface area contributed by atoms with Gasteiger partial charge < -0.3 is 5.43 Å². The van der Waals surface area contributed by atoms with Gasteiger partial charge in [-0.05, 0) is 18.2 Å². The van der Waals surface area contributed by atoms with E-state index < -0.39 is 0 Å². The summed E-state index contributed by atoms with van der Waals surface area (Å²) in [4.78, 5) is 0.839. The van der Waals surface area contributed by atoms with Crippen LogP contribution in [-0.2, 0) is 0 Å². The van der Waals surface area contributed by atoms with Crippen LogP contribution in [0.25, 0.3) is 0 Å². The summed E-state index contributed by atoms with van der Waals surface area (Å²) in [7, 11) is 0. The Bertz CT molecular complexity index is 239. The van der Waals surface area contributed by atoms with Crippen LogP contribution in [0.15, 0.2) is 27.6 Å². The average molecular weight is 219 g/mol. The molecule has 2 nitrogen and oxygen atoms in total. The first kappa shape index (κ1) is 7.91. The number of thiol groups is 1. The van der Waals surface area contributed by atoms with Gasteiger partial charge in [-0.2, -0.15) is 0 Å². The normalized spacial score (nSPS) is 9.50. The minimum absolute atomic E-state index is 0.817. The molecule has 0 unspecified atom stereocenters. The summed E-state index contributed by atoms with van der Waals surface area (Å²) in [6, 6.07) is 5.63. The first-order valence-electron chi connectivity index (χ1n) is 2.69. The van der Waals surface area contributed by atoms with Crippen molar-refractivity contribution in [2.75, 3.05) is 5.43 Å². The highest BCUT2D eigenvalue weighted by Gasteiger charge is 1.95. The summed E-state index contributed by atoms with van der Waals surface area (Å²) in [5.41, 5.74) is 3.35. The lowest BCUT2D eigenvalue weighted by molar-refractivity contribution is 1.29. The quantitative estimate of drug-likeness (QED) is 0.384. The molecule has 3 N–H and O–H groups in total. The van der Waals surface area contributed by atoms with Crippen molar-refractivity contribution < 1.29 is 0 Å². The van der Waals surface area contributed by atoms with Crippen LogP contribution in [0.1, 0.15) is 0 Å². The molecule has 0 bridgehead atoms. The van der Waals surface area contributed by atoms with Crippen molar-refractivity contribution in [3.63, 3.8) is 0 Å². The fourth-order valence-electron chi connectivity index (χ4n) is 0.624. The lowest BCUT2D eigenvalue weighted by Gasteiger charge is -2.02. The average Bonchev–Trinajstić information content (AvgIpc) is 1.94. The van der Waals surface area contributed by atoms with Gasteiger partial charge in [-0.3, -0.25) is 5.84 Å². The van der Waals surface area contributed by atoms with Crippen LogP contribution in [0.4, 0.5) is 5.69 Å². The molecule has 54 valence electrons. The number of halogens is 1. The first-order chi connectivity index (χ1) is 4.74. The first-order valence-corrected chi connectivity index (χ1v) is 3.93. The summed E-state index contributed by atoms with van der Waals surface area (Å²) in [5, 5.41) is 0. The van der Waals surface area contributed by atoms with Crippen LogP contribution in [0, 0.1) is 0 Å². The van der Waals surface area contributed by atoms with Gasteiger partial charge in [-0.25, -0.2) is 0 Å². The van der Waals surface area contributed by atoms with Crippen LogP contribution in [-0.4, -0.2) is 0 Å². The molecule has 4 heteroatoms. The van der Waals surface area contributed by atoms with Crippen LogP contribution in [0.2, 0.25) is 0 Å². The molecule has 0 aliphatic rings. The maximum absolute atomic E-state index is 5.20. The third-order valence-electron chi connectivity index (χ3n) is 1.11. The molecule has 1 aromatic rings. The second kappa shape index (κ2) is 3.27. The highest BCUT2D eigenvalue weighted by atomic mass is 79.9. The minimum Gasteiger partial charge on any atom is -0.323 e. The predicted octanol–water partition coefficient (Wildman–Crippen LogP) is 2.02. The number of benzene rings is 1. The number of hydrogen-bond donors (Lipinski definition) is 3. The van der Waals surface area contributed by atoms with Crippen molar-refractivity contribution in [1.29, 1.82) is 0 Å². The smallest absolute Gasteiger partial charge is 0.0629 e. The summed E-state index contributed by atoms with van der Waals surface area (Å²) in [6.45, 7) is 0. The minimum atomic E-state index is 0.817. The van der Waals surface area contributed by atoms with E-state index in [1.54, 1.807) is 0 Å². The Morgan fingerprint density at radius 2 is 2.20 bits per heavy atom. The summed E-state index contributed by atoms with van der Waals surface area (Å²) >= 11 is 7.47. The number of rotatable bonds is 1. The SMILES string of the molecule is NNc1cc(Br)ccc1S. The number of anilines is 1. The predicted molar refractivity (Wildman–Crippen MR) is 49.2 cm³/mol. The third kappa shape index (κ3) is 1.65. The number of nitrogens with two attached hydrogens (primary N) is 1. The zero-order valence-corrected chi connectivity index (χ0v) is 7.62. The van der Waals surface area contributed by atoms with E-state index in [-0.39, 0.29) is 0 Å². The standard InChI is InChI=1S/C6H7BrN2S/c7-4-1-2-6(10)5(3-4)9-8/h1-3,9-10H,8H2. The topological polar surface area (TPSA) is 38.0 Å². The third-order valence-corrected chi connectivity index (χ3v) is 2.00. The Labute approximate surface area is 73.3 Å². The van der Waals surface area contributed by atoms with E-state index in [1.165, 1.54) is 0 Å². The molecule has 0 fully saturated rings. The van der Waals surface area contributed by atoms with Crippen molar-refractivity contribution in [2.24, 2.45) is 5.84 Å². The number of nitrogens with one attached hydrogen (secondary N) is 1. The van der Waals surface area contributed by atoms with Crippen molar-refractivity contribution >= 4 is 34.2 Å². The Kier molecular flexibility index (Phi) is 2.59. The zero-order chi connectivity index (χ0) is 7.56. The highest BCUT2D eigenvalue weighted by molar-refractivity contribution is 9.10. The number of hydrazine groups is 1. The second-order valence-corrected chi connectivity index (χ2v) is 3.20. The largest absolute Gasteiger partial charge is 0.323 e. The number of nitrogen functional groups attached to an aromatic ring is 1. The van der Waals surface area contributed by atoms with Gasteiger partial charge in [0.25, 0.3) is 0 Å². The van der Waals surface area contributed by atoms with Gasteiger partial charge >= 0.3 is 0 Å². The summed E-state index contributed by atoms with van der Waals surface area (Å²) in [6.07, 6.45) is 0. The van der Waals surface area contributed by atoms with Crippen molar-refractivity contribution in [2.45, 2.75) is 4.90 Å². The molecular formula is C6H7BrN2S. The Hall–Kier alpha value is -0.190. The zero-order valence-electron chi connectivity index (χ0n) is 5.13. The molecule has 0 radical (unpaired) electrons. The summed E-state index contributed by atoms with van der Waals surface area (Å²) in [5.74, 6) is 5.20. The lowest BCUT2D eigenvalue weighted by atomic mass is 10.3. The number of hydrogen-bond acceptors (Lipinski definition) is 3. The van der Waals surface area contributed by atoms with Crippen LogP contribution in [0.3, 0.4) is 0 Å². The van der Waals surface area contributed by atoms with Crippen molar-refractivity contribution in [3.8, 4) is 0 Å². The highest BCUT2D eigenvalue weighted by Crippen LogP contribution is 2.22. The molecule has 0 atom stereocenters. The molecule has 0 saturated heterocycles. The maximum atomic E-state index is 5.20. The molecule has 0 heterocycles. The van der Waals surface area contributed by atoms with E-state index in [2.05, 4.69) is 34.0 Å². The molecular weight excluding hydrogens is 212 g/mol. The van der Waals surface area contributed by atoms with Crippen LogP contribution in [0.5, 0.6) is 0 Å². The molecule has 1 rings (SSSR count). The van der Waals surface area contributed by atoms with Gasteiger partial charge in [0.05, 0.1) is 5.69 Å². The van der Waals surface area contributed by atoms with Gasteiger partial charge in [0.15, 0.2) is 0 Å². The van der Waals surface area contributed by atoms with E-state index in [0.717, 1.165) is 15.1 Å². The molecule has 0 spiro atoms. The Morgan fingerprint density at radius 3 is 2.70 bits per heavy atom. The Morgan fingerprint density at radius 1 is 1.50 bits per heavy atom. The summed E-state index contributed by atoms with van der Waals surface area (Å²) < 4.78 is 0.984. The van der Waals surface area contributed by atoms with Gasteiger partial charge in [0, 0.05) is 9.37 Å². The van der Waals surface area contributed by atoms with E-state index in [9.17, 15) is 0 Å². The van der Waals surface area contributed by atoms with Crippen LogP contribution >= 0.6 is 28.6 Å². The van der Waals surface area contributed by atoms with E-state index in [1.807, 2.05) is 18.2 Å². The van der Waals surface area contributed by atoms with Crippen molar-refractivity contribution in [1.82, 2.24) is 0 Å². The fraction of sp³-hybridized carbons (Fsp3) is 0. The van der Waals surface area contributed by atoms with Gasteiger partial charge in [-0.1, -0.05) is 15.9 Å². The van der Waals surface area contributed by atoms with Gasteiger partial charge in [0.1, 0.15) is 0 Å². The second-order valence-electron chi connectivity index (χ2n) is 1.81. The molecule has 0 aromatic heterocycles. The molecule has 0 saturated carbocycles. The molecule has 0 amide bonds. The van der Waals surface area contributed by atoms with Crippen molar-refractivity contribution in [3.05, 3.63) is 22.7 Å². The van der Waals surface area contributed by atoms with E-state index in [0.29, 0.717) is 0 Å². The maximum Gasteiger partial charge on any atom is 0.0629 e. The molecule has 0 aliphatic carbocycles. The van der Waals surface area contributed by atoms with E-state index in [4.69, 9.17) is 5.84 Å². The van der Waals surface area contributed by atoms with Crippen LogP contribution < -0.4 is 11.3 Å². The monoisotopic (exact) mass is 218 g/mol. The Balaban J connectivity index is 3.09. The lowest BCUT2D eigenvalue weighted by Crippen LogP contribution is -2.07.